The Morgan fingerprint density at radius 2 is 1.00 bits per heavy atom. The molecule has 0 fully saturated rings. The van der Waals surface area contributed by atoms with Crippen LogP contribution in [0.1, 0.15) is 162 Å². The number of unbranched alkanes of at least 4 members (excludes halogenated alkanes) is 12. The van der Waals surface area contributed by atoms with Crippen LogP contribution < -0.4 is 0 Å². The van der Waals surface area contributed by atoms with Gasteiger partial charge in [0.25, 0.3) is 0 Å². The zero-order valence-corrected chi connectivity index (χ0v) is 38.2. The van der Waals surface area contributed by atoms with E-state index in [1.54, 1.807) is 0 Å². The molecule has 348 valence electrons. The van der Waals surface area contributed by atoms with E-state index in [2.05, 4.69) is 65.4 Å². The molecule has 60 heavy (non-hydrogen) atoms. The number of phosphoric acid groups is 2. The molecule has 14 nitrogen and oxygen atoms in total. The maximum absolute atomic E-state index is 12.6. The predicted octanol–water partition coefficient (Wildman–Crippen LogP) is 10.2. The quantitative estimate of drug-likeness (QED) is 0.0167. The van der Waals surface area contributed by atoms with Crippen molar-refractivity contribution in [3.05, 3.63) is 60.8 Å². The maximum atomic E-state index is 12.6. The lowest BCUT2D eigenvalue weighted by molar-refractivity contribution is -0.161. The summed E-state index contributed by atoms with van der Waals surface area (Å²) in [5.41, 5.74) is 0. The lowest BCUT2D eigenvalue weighted by Crippen LogP contribution is -2.29. The maximum Gasteiger partial charge on any atom is 0.472 e. The summed E-state index contributed by atoms with van der Waals surface area (Å²) in [6.07, 6.45) is 38.5. The third-order valence-electron chi connectivity index (χ3n) is 8.92. The Labute approximate surface area is 360 Å². The van der Waals surface area contributed by atoms with Crippen molar-refractivity contribution in [3.8, 4) is 0 Å². The molecule has 0 aliphatic rings. The van der Waals surface area contributed by atoms with Crippen LogP contribution in [0.4, 0.5) is 0 Å². The second-order valence-electron chi connectivity index (χ2n) is 14.8. The molecule has 0 saturated heterocycles. The first-order chi connectivity index (χ1) is 28.8. The number of allylic oxidation sites excluding steroid dienone is 9. The summed E-state index contributed by atoms with van der Waals surface area (Å²) < 4.78 is 47.7. The van der Waals surface area contributed by atoms with Gasteiger partial charge in [-0.2, -0.15) is 0 Å². The van der Waals surface area contributed by atoms with Crippen molar-refractivity contribution >= 4 is 27.6 Å². The molecule has 0 aromatic heterocycles. The van der Waals surface area contributed by atoms with Crippen LogP contribution in [0.5, 0.6) is 0 Å². The molecule has 0 aliphatic carbocycles. The summed E-state index contributed by atoms with van der Waals surface area (Å²) in [6, 6.07) is 0. The summed E-state index contributed by atoms with van der Waals surface area (Å²) in [5.74, 6) is -1.12. The summed E-state index contributed by atoms with van der Waals surface area (Å²) in [6.45, 7) is 1.47. The van der Waals surface area contributed by atoms with Crippen molar-refractivity contribution in [2.45, 2.75) is 180 Å². The van der Waals surface area contributed by atoms with Crippen LogP contribution in [0.25, 0.3) is 0 Å². The van der Waals surface area contributed by atoms with Crippen molar-refractivity contribution in [2.75, 3.05) is 26.4 Å². The SMILES string of the molecule is CCCCCC/C=C\CCCCCCCCCC(=O)OC[C@H](COP(=O)(O)OC[C@@H](O)COP(=O)(O)O)OC(=O)CCC/C=C\C/C=C\C/C=C\C/C=C\CC(O)CCC. The van der Waals surface area contributed by atoms with Crippen molar-refractivity contribution in [3.63, 3.8) is 0 Å². The van der Waals surface area contributed by atoms with Crippen LogP contribution in [0, 0.1) is 0 Å². The van der Waals surface area contributed by atoms with Gasteiger partial charge in [-0.05, 0) is 77.0 Å². The summed E-state index contributed by atoms with van der Waals surface area (Å²) in [4.78, 5) is 52.7. The fourth-order valence-electron chi connectivity index (χ4n) is 5.58. The second kappa shape index (κ2) is 39.6. The van der Waals surface area contributed by atoms with Gasteiger partial charge in [-0.1, -0.05) is 132 Å². The Morgan fingerprint density at radius 3 is 1.60 bits per heavy atom. The normalized spacial score (nSPS) is 15.1. The van der Waals surface area contributed by atoms with Gasteiger partial charge in [0.1, 0.15) is 12.7 Å². The zero-order valence-electron chi connectivity index (χ0n) is 36.4. The molecule has 5 N–H and O–H groups in total. The molecular formula is C44H78O14P2. The first-order valence-electron chi connectivity index (χ1n) is 22.1. The number of esters is 2. The third kappa shape index (κ3) is 42.5. The predicted molar refractivity (Wildman–Crippen MR) is 236 cm³/mol. The van der Waals surface area contributed by atoms with Gasteiger partial charge >= 0.3 is 27.6 Å². The highest BCUT2D eigenvalue weighted by Crippen LogP contribution is 2.43. The van der Waals surface area contributed by atoms with Crippen LogP contribution >= 0.6 is 15.6 Å². The highest BCUT2D eigenvalue weighted by Gasteiger charge is 2.28. The number of phosphoric ester groups is 2. The van der Waals surface area contributed by atoms with Gasteiger partial charge in [0.05, 0.1) is 25.9 Å². The first kappa shape index (κ1) is 57.8. The van der Waals surface area contributed by atoms with E-state index >= 15 is 0 Å². The highest BCUT2D eigenvalue weighted by molar-refractivity contribution is 7.47. The van der Waals surface area contributed by atoms with Gasteiger partial charge in [0.15, 0.2) is 6.10 Å². The minimum absolute atomic E-state index is 0.0380. The summed E-state index contributed by atoms with van der Waals surface area (Å²) in [5, 5.41) is 19.5. The van der Waals surface area contributed by atoms with Gasteiger partial charge in [0.2, 0.25) is 0 Å². The standard InChI is InChI=1S/C44H78O14P2/c1-3-5-6-7-8-9-10-11-12-15-18-21-24-27-30-34-43(47)54-38-42(39-57-60(52,53)56-37-41(46)36-55-59(49,50)51)58-44(48)35-31-28-25-22-19-16-13-14-17-20-23-26-29-33-40(45)32-4-2/h9-10,13,16-17,20,22,25-26,29,40-42,45-46H,3-8,11-12,14-15,18-19,21,23-24,27-28,30-39H2,1-2H3,(H,52,53)(H2,49,50,51)/b10-9-,16-13-,20-17-,25-22-,29-26-/t40?,41-,42+/m0/s1. The van der Waals surface area contributed by atoms with E-state index in [0.717, 1.165) is 64.2 Å². The van der Waals surface area contributed by atoms with Gasteiger partial charge < -0.3 is 34.4 Å². The molecule has 0 amide bonds. The average Bonchev–Trinajstić information content (AvgIpc) is 3.20. The van der Waals surface area contributed by atoms with E-state index < -0.39 is 66.2 Å². The number of carbonyl (C=O) groups excluding carboxylic acids is 2. The lowest BCUT2D eigenvalue weighted by Gasteiger charge is -2.20. The van der Waals surface area contributed by atoms with Crippen LogP contribution in [-0.2, 0) is 41.8 Å². The van der Waals surface area contributed by atoms with E-state index in [4.69, 9.17) is 23.8 Å². The van der Waals surface area contributed by atoms with E-state index in [0.29, 0.717) is 25.7 Å². The Morgan fingerprint density at radius 1 is 0.517 bits per heavy atom. The fourth-order valence-corrected chi connectivity index (χ4v) is 6.74. The van der Waals surface area contributed by atoms with Gasteiger partial charge in [-0.15, -0.1) is 0 Å². The van der Waals surface area contributed by atoms with Crippen LogP contribution in [0.15, 0.2) is 60.8 Å². The number of rotatable bonds is 41. The zero-order chi connectivity index (χ0) is 44.6. The minimum atomic E-state index is -4.88. The molecule has 0 aliphatic heterocycles. The van der Waals surface area contributed by atoms with Crippen molar-refractivity contribution in [1.82, 2.24) is 0 Å². The minimum Gasteiger partial charge on any atom is -0.462 e. The van der Waals surface area contributed by atoms with Crippen LogP contribution in [0.2, 0.25) is 0 Å². The Kier molecular flexibility index (Phi) is 38.1. The molecule has 2 unspecified atom stereocenters. The molecule has 16 heteroatoms. The Hall–Kier alpha value is -2.22. The number of carbonyl (C=O) groups is 2. The fraction of sp³-hybridized carbons (Fsp3) is 0.727. The van der Waals surface area contributed by atoms with Crippen molar-refractivity contribution in [2.24, 2.45) is 0 Å². The van der Waals surface area contributed by atoms with Gasteiger partial charge in [-0.25, -0.2) is 9.13 Å². The number of aliphatic hydroxyl groups is 2. The molecule has 0 bridgehead atoms. The molecule has 0 spiro atoms. The molecule has 0 rings (SSSR count). The molecule has 4 atom stereocenters. The molecular weight excluding hydrogens is 814 g/mol. The number of aliphatic hydroxyl groups excluding tert-OH is 2. The second-order valence-corrected chi connectivity index (χ2v) is 17.5. The lowest BCUT2D eigenvalue weighted by atomic mass is 10.1. The third-order valence-corrected chi connectivity index (χ3v) is 10.4. The number of ether oxygens (including phenoxy) is 2. The highest BCUT2D eigenvalue weighted by atomic mass is 31.2. The Bertz CT molecular complexity index is 1310. The van der Waals surface area contributed by atoms with Crippen molar-refractivity contribution < 1.29 is 66.7 Å². The largest absolute Gasteiger partial charge is 0.472 e. The van der Waals surface area contributed by atoms with E-state index in [1.165, 1.54) is 44.9 Å². The monoisotopic (exact) mass is 892 g/mol. The molecule has 0 heterocycles. The molecule has 0 radical (unpaired) electrons. The topological polar surface area (TPSA) is 216 Å². The van der Waals surface area contributed by atoms with Crippen LogP contribution in [-0.4, -0.2) is 81.6 Å². The van der Waals surface area contributed by atoms with Crippen LogP contribution in [0.3, 0.4) is 0 Å². The Balaban J connectivity index is 4.64. The van der Waals surface area contributed by atoms with Gasteiger partial charge in [-0.3, -0.25) is 23.2 Å². The first-order valence-corrected chi connectivity index (χ1v) is 25.1. The van der Waals surface area contributed by atoms with Crippen molar-refractivity contribution in [1.29, 1.82) is 0 Å². The molecule has 0 aromatic rings. The molecule has 0 aromatic carbocycles. The summed E-state index contributed by atoms with van der Waals surface area (Å²) in [7, 11) is -9.71. The number of hydrogen-bond donors (Lipinski definition) is 5. The van der Waals surface area contributed by atoms with E-state index in [1.807, 2.05) is 18.2 Å². The average molecular weight is 893 g/mol. The van der Waals surface area contributed by atoms with Gasteiger partial charge in [0, 0.05) is 12.8 Å². The van der Waals surface area contributed by atoms with E-state index in [-0.39, 0.29) is 18.9 Å². The smallest absolute Gasteiger partial charge is 0.462 e. The summed E-state index contributed by atoms with van der Waals surface area (Å²) >= 11 is 0. The molecule has 0 saturated carbocycles. The number of hydrogen-bond acceptors (Lipinski definition) is 11. The van der Waals surface area contributed by atoms with E-state index in [9.17, 15) is 33.8 Å².